The summed E-state index contributed by atoms with van der Waals surface area (Å²) in [6.07, 6.45) is 0. The zero-order chi connectivity index (χ0) is 14.1. The summed E-state index contributed by atoms with van der Waals surface area (Å²) in [5.41, 5.74) is 4.26. The molecule has 21 heavy (non-hydrogen) atoms. The first-order valence-corrected chi connectivity index (χ1v) is 6.78. The van der Waals surface area contributed by atoms with Gasteiger partial charge in [0, 0.05) is 11.1 Å². The highest BCUT2D eigenvalue weighted by Crippen LogP contribution is 2.25. The minimum absolute atomic E-state index is 0.600. The average molecular weight is 272 g/mol. The van der Waals surface area contributed by atoms with Crippen LogP contribution in [-0.2, 0) is 0 Å². The molecule has 2 aromatic heterocycles. The van der Waals surface area contributed by atoms with Gasteiger partial charge in [-0.25, -0.2) is 4.98 Å². The third-order valence-corrected chi connectivity index (χ3v) is 3.34. The number of rotatable bonds is 2. The Morgan fingerprint density at radius 3 is 2.00 bits per heavy atom. The normalized spacial score (nSPS) is 10.9. The molecular weight excluding hydrogens is 260 g/mol. The van der Waals surface area contributed by atoms with Crippen molar-refractivity contribution in [3.63, 3.8) is 0 Å². The van der Waals surface area contributed by atoms with E-state index in [0.717, 1.165) is 16.8 Å². The lowest BCUT2D eigenvalue weighted by atomic mass is 10.1. The van der Waals surface area contributed by atoms with Crippen LogP contribution in [0.1, 0.15) is 0 Å². The van der Waals surface area contributed by atoms with Crippen molar-refractivity contribution in [1.29, 1.82) is 0 Å². The number of aromatic nitrogens is 2. The van der Waals surface area contributed by atoms with Crippen molar-refractivity contribution in [2.24, 2.45) is 0 Å². The zero-order valence-corrected chi connectivity index (χ0v) is 11.2. The minimum atomic E-state index is 0.600. The topological polar surface area (TPSA) is 38.9 Å². The van der Waals surface area contributed by atoms with Gasteiger partial charge in [0.05, 0.1) is 5.69 Å². The van der Waals surface area contributed by atoms with E-state index in [4.69, 9.17) is 4.42 Å². The molecule has 0 radical (unpaired) electrons. The third-order valence-electron chi connectivity index (χ3n) is 3.34. The average Bonchev–Trinajstić information content (AvgIpc) is 2.99. The highest BCUT2D eigenvalue weighted by atomic mass is 16.3. The standard InChI is InChI=1S/C18H12N2O/c1-3-7-13(8-4-1)15-11-12-16-17(19-15)20-18(21-16)14-9-5-2-6-10-14/h1-12H. The molecule has 0 unspecified atom stereocenters. The maximum absolute atomic E-state index is 5.77. The molecule has 2 aromatic carbocycles. The molecule has 0 saturated heterocycles. The van der Waals surface area contributed by atoms with Crippen LogP contribution in [0.3, 0.4) is 0 Å². The Balaban J connectivity index is 1.82. The monoisotopic (exact) mass is 272 g/mol. The summed E-state index contributed by atoms with van der Waals surface area (Å²) in [5, 5.41) is 0. The van der Waals surface area contributed by atoms with E-state index in [0.29, 0.717) is 17.1 Å². The molecule has 100 valence electrons. The van der Waals surface area contributed by atoms with E-state index in [1.807, 2.05) is 72.8 Å². The first-order valence-electron chi connectivity index (χ1n) is 6.78. The van der Waals surface area contributed by atoms with Crippen LogP contribution in [0.15, 0.2) is 77.2 Å². The summed E-state index contributed by atoms with van der Waals surface area (Å²) in [7, 11) is 0. The number of fused-ring (bicyclic) bond motifs is 1. The van der Waals surface area contributed by atoms with Crippen LogP contribution < -0.4 is 0 Å². The first-order chi connectivity index (χ1) is 10.4. The second kappa shape index (κ2) is 4.87. The lowest BCUT2D eigenvalue weighted by Gasteiger charge is -1.98. The Labute approximate surface area is 121 Å². The number of oxazole rings is 1. The fraction of sp³-hybridized carbons (Fsp3) is 0. The second-order valence-electron chi connectivity index (χ2n) is 4.77. The van der Waals surface area contributed by atoms with E-state index in [1.54, 1.807) is 0 Å². The molecule has 0 aliphatic rings. The number of pyridine rings is 1. The quantitative estimate of drug-likeness (QED) is 0.537. The predicted molar refractivity (Wildman–Crippen MR) is 82.7 cm³/mol. The highest BCUT2D eigenvalue weighted by Gasteiger charge is 2.10. The fourth-order valence-electron chi connectivity index (χ4n) is 2.29. The van der Waals surface area contributed by atoms with Crippen LogP contribution in [0, 0.1) is 0 Å². The molecule has 2 heterocycles. The van der Waals surface area contributed by atoms with Gasteiger partial charge in [-0.05, 0) is 24.3 Å². The van der Waals surface area contributed by atoms with Crippen molar-refractivity contribution in [2.75, 3.05) is 0 Å². The van der Waals surface area contributed by atoms with Crippen LogP contribution in [0.2, 0.25) is 0 Å². The molecule has 0 spiro atoms. The molecule has 3 nitrogen and oxygen atoms in total. The van der Waals surface area contributed by atoms with Gasteiger partial charge in [0.25, 0.3) is 0 Å². The number of hydrogen-bond acceptors (Lipinski definition) is 3. The van der Waals surface area contributed by atoms with Gasteiger partial charge in [-0.2, -0.15) is 4.98 Å². The zero-order valence-electron chi connectivity index (χ0n) is 11.2. The van der Waals surface area contributed by atoms with Crippen LogP contribution >= 0.6 is 0 Å². The lowest BCUT2D eigenvalue weighted by molar-refractivity contribution is 0.619. The third kappa shape index (κ3) is 2.19. The van der Waals surface area contributed by atoms with Crippen molar-refractivity contribution >= 4 is 11.2 Å². The van der Waals surface area contributed by atoms with Gasteiger partial charge >= 0.3 is 0 Å². The van der Waals surface area contributed by atoms with Crippen molar-refractivity contribution < 1.29 is 4.42 Å². The molecule has 0 fully saturated rings. The van der Waals surface area contributed by atoms with Gasteiger partial charge in [0.15, 0.2) is 11.2 Å². The summed E-state index contributed by atoms with van der Waals surface area (Å²) in [6, 6.07) is 23.8. The van der Waals surface area contributed by atoms with E-state index in [1.165, 1.54) is 0 Å². The van der Waals surface area contributed by atoms with E-state index in [9.17, 15) is 0 Å². The summed E-state index contributed by atoms with van der Waals surface area (Å²) in [4.78, 5) is 9.08. The van der Waals surface area contributed by atoms with Crippen molar-refractivity contribution in [3.05, 3.63) is 72.8 Å². The number of hydrogen-bond donors (Lipinski definition) is 0. The van der Waals surface area contributed by atoms with Crippen molar-refractivity contribution in [1.82, 2.24) is 9.97 Å². The Kier molecular flexibility index (Phi) is 2.75. The maximum Gasteiger partial charge on any atom is 0.228 e. The largest absolute Gasteiger partial charge is 0.434 e. The molecule has 0 saturated carbocycles. The van der Waals surface area contributed by atoms with Gasteiger partial charge < -0.3 is 4.42 Å². The summed E-state index contributed by atoms with van der Waals surface area (Å²) in [6.45, 7) is 0. The van der Waals surface area contributed by atoms with Crippen molar-refractivity contribution in [3.8, 4) is 22.7 Å². The van der Waals surface area contributed by atoms with E-state index in [-0.39, 0.29) is 0 Å². The molecule has 0 amide bonds. The molecule has 0 aliphatic heterocycles. The molecule has 0 bridgehead atoms. The summed E-state index contributed by atoms with van der Waals surface area (Å²) < 4.78 is 5.77. The summed E-state index contributed by atoms with van der Waals surface area (Å²) in [5.74, 6) is 0.600. The van der Waals surface area contributed by atoms with Crippen molar-refractivity contribution in [2.45, 2.75) is 0 Å². The van der Waals surface area contributed by atoms with E-state index < -0.39 is 0 Å². The molecule has 0 N–H and O–H groups in total. The Morgan fingerprint density at radius 1 is 0.619 bits per heavy atom. The Hall–Kier alpha value is -2.94. The Morgan fingerprint density at radius 2 is 1.29 bits per heavy atom. The number of nitrogens with zero attached hydrogens (tertiary/aromatic N) is 2. The van der Waals surface area contributed by atoms with E-state index >= 15 is 0 Å². The van der Waals surface area contributed by atoms with Gasteiger partial charge in [-0.1, -0.05) is 48.5 Å². The van der Waals surface area contributed by atoms with Crippen LogP contribution in [0.4, 0.5) is 0 Å². The van der Waals surface area contributed by atoms with Gasteiger partial charge in [0.1, 0.15) is 0 Å². The second-order valence-corrected chi connectivity index (χ2v) is 4.77. The van der Waals surface area contributed by atoms with Crippen LogP contribution in [0.25, 0.3) is 33.9 Å². The SMILES string of the molecule is c1ccc(-c2ccc3oc(-c4ccccc4)nc3n2)cc1. The first kappa shape index (κ1) is 11.9. The smallest absolute Gasteiger partial charge is 0.228 e. The lowest BCUT2D eigenvalue weighted by Crippen LogP contribution is -1.84. The fourth-order valence-corrected chi connectivity index (χ4v) is 2.29. The van der Waals surface area contributed by atoms with E-state index in [2.05, 4.69) is 9.97 Å². The van der Waals surface area contributed by atoms with Crippen LogP contribution in [-0.4, -0.2) is 9.97 Å². The molecule has 4 rings (SSSR count). The van der Waals surface area contributed by atoms with Crippen LogP contribution in [0.5, 0.6) is 0 Å². The molecule has 3 heteroatoms. The van der Waals surface area contributed by atoms with Gasteiger partial charge in [-0.15, -0.1) is 0 Å². The minimum Gasteiger partial charge on any atom is -0.434 e. The van der Waals surface area contributed by atoms with Gasteiger partial charge in [-0.3, -0.25) is 0 Å². The predicted octanol–water partition coefficient (Wildman–Crippen LogP) is 4.56. The maximum atomic E-state index is 5.77. The van der Waals surface area contributed by atoms with Gasteiger partial charge in [0.2, 0.25) is 5.89 Å². The number of benzene rings is 2. The highest BCUT2D eigenvalue weighted by molar-refractivity contribution is 5.76. The summed E-state index contributed by atoms with van der Waals surface area (Å²) >= 11 is 0. The molecule has 0 atom stereocenters. The Bertz CT molecular complexity index is 845. The molecule has 0 aliphatic carbocycles. The molecular formula is C18H12N2O. The molecule has 4 aromatic rings.